The van der Waals surface area contributed by atoms with Crippen LogP contribution in [0.3, 0.4) is 0 Å². The third-order valence-corrected chi connectivity index (χ3v) is 4.04. The summed E-state index contributed by atoms with van der Waals surface area (Å²) >= 11 is 0. The number of benzene rings is 1. The molecule has 1 fully saturated rings. The van der Waals surface area contributed by atoms with E-state index in [4.69, 9.17) is 5.26 Å². The Morgan fingerprint density at radius 2 is 2.16 bits per heavy atom. The molecule has 1 heterocycles. The molecule has 1 aliphatic heterocycles. The first-order valence-corrected chi connectivity index (χ1v) is 6.42. The van der Waals surface area contributed by atoms with Gasteiger partial charge in [-0.05, 0) is 24.0 Å². The van der Waals surface area contributed by atoms with Gasteiger partial charge >= 0.3 is 5.97 Å². The van der Waals surface area contributed by atoms with Crippen LogP contribution in [0.1, 0.15) is 25.8 Å². The molecule has 100 valence electrons. The highest BCUT2D eigenvalue weighted by atomic mass is 16.4. The molecule has 0 aliphatic carbocycles. The summed E-state index contributed by atoms with van der Waals surface area (Å²) in [5, 5.41) is 18.5. The largest absolute Gasteiger partial charge is 0.481 e. The first-order chi connectivity index (χ1) is 8.95. The summed E-state index contributed by atoms with van der Waals surface area (Å²) in [4.78, 5) is 13.4. The molecule has 1 saturated heterocycles. The zero-order valence-electron chi connectivity index (χ0n) is 11.3. The molecule has 4 heteroatoms. The van der Waals surface area contributed by atoms with Gasteiger partial charge in [-0.15, -0.1) is 0 Å². The minimum Gasteiger partial charge on any atom is -0.481 e. The van der Waals surface area contributed by atoms with Crippen molar-refractivity contribution in [3.8, 4) is 6.07 Å². The van der Waals surface area contributed by atoms with Crippen molar-refractivity contribution in [2.75, 3.05) is 18.0 Å². The van der Waals surface area contributed by atoms with E-state index in [1.807, 2.05) is 36.9 Å². The maximum Gasteiger partial charge on any atom is 0.308 e. The lowest BCUT2D eigenvalue weighted by Crippen LogP contribution is -2.48. The van der Waals surface area contributed by atoms with Crippen molar-refractivity contribution in [2.24, 2.45) is 11.3 Å². The van der Waals surface area contributed by atoms with E-state index in [9.17, 15) is 9.90 Å². The molecule has 1 aromatic carbocycles. The zero-order chi connectivity index (χ0) is 14.0. The lowest BCUT2D eigenvalue weighted by Gasteiger charge is -2.43. The summed E-state index contributed by atoms with van der Waals surface area (Å²) in [7, 11) is 0. The average molecular weight is 258 g/mol. The van der Waals surface area contributed by atoms with Gasteiger partial charge in [-0.3, -0.25) is 4.79 Å². The Bertz CT molecular complexity index is 531. The molecule has 0 bridgehead atoms. The number of nitrogens with zero attached hydrogens (tertiary/aromatic N) is 2. The van der Waals surface area contributed by atoms with Crippen molar-refractivity contribution < 1.29 is 9.90 Å². The zero-order valence-corrected chi connectivity index (χ0v) is 11.3. The van der Waals surface area contributed by atoms with Crippen LogP contribution in [0.4, 0.5) is 5.69 Å². The van der Waals surface area contributed by atoms with Gasteiger partial charge in [0.2, 0.25) is 0 Å². The summed E-state index contributed by atoms with van der Waals surface area (Å²) in [6, 6.07) is 9.53. The molecule has 4 nitrogen and oxygen atoms in total. The summed E-state index contributed by atoms with van der Waals surface area (Å²) < 4.78 is 0. The smallest absolute Gasteiger partial charge is 0.308 e. The molecule has 1 aliphatic rings. The van der Waals surface area contributed by atoms with Crippen LogP contribution in [0.25, 0.3) is 0 Å². The second-order valence-corrected chi connectivity index (χ2v) is 5.70. The van der Waals surface area contributed by atoms with Gasteiger partial charge in [-0.2, -0.15) is 5.26 Å². The fourth-order valence-corrected chi connectivity index (χ4v) is 2.63. The van der Waals surface area contributed by atoms with Crippen molar-refractivity contribution in [3.63, 3.8) is 0 Å². The number of nitriles is 1. The number of para-hydroxylation sites is 1. The monoisotopic (exact) mass is 258 g/mol. The summed E-state index contributed by atoms with van der Waals surface area (Å²) in [6.45, 7) is 5.25. The number of piperidine rings is 1. The molecule has 0 radical (unpaired) electrons. The highest BCUT2D eigenvalue weighted by molar-refractivity contribution is 5.73. The number of carboxylic acids is 1. The van der Waals surface area contributed by atoms with Crippen LogP contribution < -0.4 is 4.90 Å². The van der Waals surface area contributed by atoms with Crippen molar-refractivity contribution in [2.45, 2.75) is 20.3 Å². The quantitative estimate of drug-likeness (QED) is 0.885. The van der Waals surface area contributed by atoms with E-state index in [0.717, 1.165) is 18.7 Å². The summed E-state index contributed by atoms with van der Waals surface area (Å²) in [6.07, 6.45) is 0.809. The third-order valence-electron chi connectivity index (χ3n) is 4.04. The van der Waals surface area contributed by atoms with E-state index in [1.165, 1.54) is 0 Å². The Labute approximate surface area is 113 Å². The van der Waals surface area contributed by atoms with E-state index in [2.05, 4.69) is 6.07 Å². The molecule has 1 aromatic rings. The van der Waals surface area contributed by atoms with Crippen molar-refractivity contribution >= 4 is 11.7 Å². The van der Waals surface area contributed by atoms with Gasteiger partial charge in [0.15, 0.2) is 0 Å². The molecule has 1 N–H and O–H groups in total. The van der Waals surface area contributed by atoms with Gasteiger partial charge in [0, 0.05) is 13.1 Å². The number of carbonyl (C=O) groups is 1. The normalized spacial score (nSPS) is 21.7. The molecule has 0 amide bonds. The Kier molecular flexibility index (Phi) is 3.48. The van der Waals surface area contributed by atoms with Gasteiger partial charge in [-0.25, -0.2) is 0 Å². The molecule has 1 atom stereocenters. The first-order valence-electron chi connectivity index (χ1n) is 6.42. The van der Waals surface area contributed by atoms with E-state index in [0.29, 0.717) is 12.1 Å². The molecule has 2 rings (SSSR count). The van der Waals surface area contributed by atoms with Crippen LogP contribution in [-0.2, 0) is 4.79 Å². The molecule has 0 saturated carbocycles. The van der Waals surface area contributed by atoms with Crippen LogP contribution in [-0.4, -0.2) is 24.2 Å². The van der Waals surface area contributed by atoms with E-state index in [-0.39, 0.29) is 5.41 Å². The maximum absolute atomic E-state index is 11.4. The van der Waals surface area contributed by atoms with Gasteiger partial charge in [0.05, 0.1) is 17.2 Å². The highest BCUT2D eigenvalue weighted by Gasteiger charge is 2.40. The number of rotatable bonds is 2. The molecular weight excluding hydrogens is 240 g/mol. The lowest BCUT2D eigenvalue weighted by molar-refractivity contribution is -0.146. The number of hydrogen-bond acceptors (Lipinski definition) is 3. The van der Waals surface area contributed by atoms with Crippen molar-refractivity contribution in [1.29, 1.82) is 5.26 Å². The van der Waals surface area contributed by atoms with Crippen LogP contribution in [0.15, 0.2) is 24.3 Å². The standard InChI is InChI=1S/C15H18N2O2/c1-15(2)7-8-17(10-12(15)14(18)19)13-6-4-3-5-11(13)9-16/h3-6,12H,7-8,10H2,1-2H3,(H,18,19). The van der Waals surface area contributed by atoms with Gasteiger partial charge in [-0.1, -0.05) is 26.0 Å². The second-order valence-electron chi connectivity index (χ2n) is 5.70. The lowest BCUT2D eigenvalue weighted by atomic mass is 9.73. The van der Waals surface area contributed by atoms with Crippen LogP contribution in [0.2, 0.25) is 0 Å². The molecule has 0 aromatic heterocycles. The topological polar surface area (TPSA) is 64.3 Å². The number of aliphatic carboxylic acids is 1. The first kappa shape index (κ1) is 13.4. The molecule has 19 heavy (non-hydrogen) atoms. The van der Waals surface area contributed by atoms with Gasteiger partial charge in [0.1, 0.15) is 6.07 Å². The predicted octanol–water partition coefficient (Wildman–Crippen LogP) is 2.50. The number of carboxylic acid groups (broad SMARTS) is 1. The van der Waals surface area contributed by atoms with E-state index < -0.39 is 11.9 Å². The highest BCUT2D eigenvalue weighted by Crippen LogP contribution is 2.38. The minimum atomic E-state index is -0.760. The Morgan fingerprint density at radius 1 is 1.47 bits per heavy atom. The van der Waals surface area contributed by atoms with Crippen LogP contribution >= 0.6 is 0 Å². The summed E-state index contributed by atoms with van der Waals surface area (Å²) in [5.74, 6) is -1.17. The number of hydrogen-bond donors (Lipinski definition) is 1. The second kappa shape index (κ2) is 4.93. The van der Waals surface area contributed by atoms with Crippen molar-refractivity contribution in [1.82, 2.24) is 0 Å². The van der Waals surface area contributed by atoms with Crippen molar-refractivity contribution in [3.05, 3.63) is 29.8 Å². The minimum absolute atomic E-state index is 0.204. The summed E-state index contributed by atoms with van der Waals surface area (Å²) in [5.41, 5.74) is 1.24. The number of anilines is 1. The Morgan fingerprint density at radius 3 is 2.79 bits per heavy atom. The van der Waals surface area contributed by atoms with Crippen LogP contribution in [0, 0.1) is 22.7 Å². The van der Waals surface area contributed by atoms with E-state index >= 15 is 0 Å². The fraction of sp³-hybridized carbons (Fsp3) is 0.467. The average Bonchev–Trinajstić information content (AvgIpc) is 2.38. The van der Waals surface area contributed by atoms with Crippen LogP contribution in [0.5, 0.6) is 0 Å². The van der Waals surface area contributed by atoms with Gasteiger partial charge in [0.25, 0.3) is 0 Å². The molecule has 0 spiro atoms. The maximum atomic E-state index is 11.4. The third kappa shape index (κ3) is 2.55. The van der Waals surface area contributed by atoms with E-state index in [1.54, 1.807) is 6.07 Å². The molecule has 1 unspecified atom stereocenters. The Balaban J connectivity index is 2.29. The SMILES string of the molecule is CC1(C)CCN(c2ccccc2C#N)CC1C(=O)O. The molecular formula is C15H18N2O2. The fourth-order valence-electron chi connectivity index (χ4n) is 2.63. The predicted molar refractivity (Wildman–Crippen MR) is 72.9 cm³/mol. The van der Waals surface area contributed by atoms with Gasteiger partial charge < -0.3 is 10.0 Å². The Hall–Kier alpha value is -2.02.